The fraction of sp³-hybridized carbons (Fsp3) is 0.292. The van der Waals surface area contributed by atoms with Gasteiger partial charge in [-0.1, -0.05) is 31.2 Å². The van der Waals surface area contributed by atoms with Crippen LogP contribution in [-0.4, -0.2) is 43.7 Å². The van der Waals surface area contributed by atoms with Crippen molar-refractivity contribution in [3.05, 3.63) is 65.4 Å². The number of anilines is 2. The molecule has 1 unspecified atom stereocenters. The van der Waals surface area contributed by atoms with Crippen molar-refractivity contribution >= 4 is 29.4 Å². The van der Waals surface area contributed by atoms with E-state index in [1.54, 1.807) is 54.3 Å². The Kier molecular flexibility index (Phi) is 7.55. The smallest absolute Gasteiger partial charge is 0.337 e. The quantitative estimate of drug-likeness (QED) is 0.544. The predicted molar refractivity (Wildman–Crippen MR) is 125 cm³/mol. The standard InChI is InChI=1S/C24H28N4O5/c1-5-14-28-15(2)20(22(29)33-4)21(27-24(28)31)16-10-12-17(13-11-16)25-23(30)26-18-8-6-7-9-19(18)32-3/h6-13,21H,5,14H2,1-4H3,(H,27,31)(H2,25,26,30). The molecule has 9 heteroatoms. The molecule has 1 aliphatic heterocycles. The summed E-state index contributed by atoms with van der Waals surface area (Å²) >= 11 is 0. The third kappa shape index (κ3) is 5.25. The van der Waals surface area contributed by atoms with E-state index >= 15 is 0 Å². The van der Waals surface area contributed by atoms with Crippen LogP contribution in [0, 0.1) is 0 Å². The van der Waals surface area contributed by atoms with Gasteiger partial charge in [0, 0.05) is 17.9 Å². The summed E-state index contributed by atoms with van der Waals surface area (Å²) in [4.78, 5) is 39.1. The van der Waals surface area contributed by atoms with Gasteiger partial charge in [-0.05, 0) is 43.2 Å². The van der Waals surface area contributed by atoms with Crippen molar-refractivity contribution in [3.8, 4) is 5.75 Å². The van der Waals surface area contributed by atoms with Crippen molar-refractivity contribution in [1.82, 2.24) is 10.2 Å². The molecular weight excluding hydrogens is 424 g/mol. The van der Waals surface area contributed by atoms with Gasteiger partial charge >= 0.3 is 18.0 Å². The van der Waals surface area contributed by atoms with Crippen LogP contribution >= 0.6 is 0 Å². The minimum Gasteiger partial charge on any atom is -0.495 e. The number of urea groups is 2. The van der Waals surface area contributed by atoms with E-state index < -0.39 is 18.0 Å². The SMILES string of the molecule is CCCN1C(=O)NC(c2ccc(NC(=O)Nc3ccccc3OC)cc2)C(C(=O)OC)=C1C. The van der Waals surface area contributed by atoms with Crippen LogP contribution in [0.4, 0.5) is 21.0 Å². The highest BCUT2D eigenvalue weighted by molar-refractivity contribution is 6.00. The van der Waals surface area contributed by atoms with Crippen LogP contribution in [0.3, 0.4) is 0 Å². The molecular formula is C24H28N4O5. The van der Waals surface area contributed by atoms with Crippen molar-refractivity contribution in [1.29, 1.82) is 0 Å². The first-order valence-corrected chi connectivity index (χ1v) is 10.6. The molecule has 33 heavy (non-hydrogen) atoms. The molecule has 3 rings (SSSR count). The van der Waals surface area contributed by atoms with E-state index in [9.17, 15) is 14.4 Å². The van der Waals surface area contributed by atoms with E-state index in [2.05, 4.69) is 16.0 Å². The highest BCUT2D eigenvalue weighted by Gasteiger charge is 2.35. The van der Waals surface area contributed by atoms with Gasteiger partial charge in [-0.3, -0.25) is 4.90 Å². The number of nitrogens with zero attached hydrogens (tertiary/aromatic N) is 1. The third-order valence-electron chi connectivity index (χ3n) is 5.31. The number of esters is 1. The molecule has 174 valence electrons. The lowest BCUT2D eigenvalue weighted by atomic mass is 9.94. The topological polar surface area (TPSA) is 109 Å². The number of benzene rings is 2. The molecule has 0 saturated carbocycles. The summed E-state index contributed by atoms with van der Waals surface area (Å²) in [6.45, 7) is 4.20. The maximum absolute atomic E-state index is 12.6. The molecule has 1 atom stereocenters. The van der Waals surface area contributed by atoms with E-state index in [0.717, 1.165) is 6.42 Å². The minimum atomic E-state index is -0.658. The van der Waals surface area contributed by atoms with Crippen LogP contribution < -0.4 is 20.7 Å². The van der Waals surface area contributed by atoms with Crippen molar-refractivity contribution < 1.29 is 23.9 Å². The van der Waals surface area contributed by atoms with Crippen molar-refractivity contribution in [2.24, 2.45) is 0 Å². The zero-order valence-corrected chi connectivity index (χ0v) is 19.1. The number of nitrogens with one attached hydrogen (secondary N) is 3. The van der Waals surface area contributed by atoms with E-state index in [0.29, 0.717) is 40.5 Å². The number of carbonyl (C=O) groups is 3. The predicted octanol–water partition coefficient (Wildman–Crippen LogP) is 4.26. The Morgan fingerprint density at radius 3 is 2.39 bits per heavy atom. The fourth-order valence-electron chi connectivity index (χ4n) is 3.69. The first kappa shape index (κ1) is 23.6. The summed E-state index contributed by atoms with van der Waals surface area (Å²) < 4.78 is 10.2. The molecule has 4 amide bonds. The summed E-state index contributed by atoms with van der Waals surface area (Å²) in [5.74, 6) is 0.0441. The van der Waals surface area contributed by atoms with Crippen LogP contribution in [0.5, 0.6) is 5.75 Å². The Hall–Kier alpha value is -4.01. The molecule has 1 aliphatic rings. The van der Waals surface area contributed by atoms with Crippen LogP contribution in [-0.2, 0) is 9.53 Å². The first-order chi connectivity index (χ1) is 15.9. The number of methoxy groups -OCH3 is 2. The number of para-hydroxylation sites is 2. The van der Waals surface area contributed by atoms with Gasteiger partial charge < -0.3 is 25.4 Å². The van der Waals surface area contributed by atoms with E-state index in [4.69, 9.17) is 9.47 Å². The second-order valence-corrected chi connectivity index (χ2v) is 7.43. The third-order valence-corrected chi connectivity index (χ3v) is 5.31. The maximum Gasteiger partial charge on any atom is 0.337 e. The molecule has 9 nitrogen and oxygen atoms in total. The molecule has 1 heterocycles. The van der Waals surface area contributed by atoms with Crippen LogP contribution in [0.1, 0.15) is 31.9 Å². The molecule has 0 fully saturated rings. The second-order valence-electron chi connectivity index (χ2n) is 7.43. The molecule has 2 aromatic rings. The van der Waals surface area contributed by atoms with Gasteiger partial charge in [0.05, 0.1) is 31.5 Å². The normalized spacial score (nSPS) is 15.6. The van der Waals surface area contributed by atoms with Gasteiger partial charge in [0.1, 0.15) is 5.75 Å². The summed E-state index contributed by atoms with van der Waals surface area (Å²) in [6.07, 6.45) is 0.751. The molecule has 0 bridgehead atoms. The van der Waals surface area contributed by atoms with E-state index in [1.165, 1.54) is 14.2 Å². The summed E-state index contributed by atoms with van der Waals surface area (Å²) in [7, 11) is 2.84. The van der Waals surface area contributed by atoms with Gasteiger partial charge in [-0.15, -0.1) is 0 Å². The Labute approximate surface area is 192 Å². The molecule has 0 saturated heterocycles. The fourth-order valence-corrected chi connectivity index (χ4v) is 3.69. The highest BCUT2D eigenvalue weighted by Crippen LogP contribution is 2.32. The van der Waals surface area contributed by atoms with Gasteiger partial charge in [0.25, 0.3) is 0 Å². The minimum absolute atomic E-state index is 0.273. The summed E-state index contributed by atoms with van der Waals surface area (Å²) in [5, 5.41) is 8.38. The Balaban J connectivity index is 1.78. The van der Waals surface area contributed by atoms with Crippen molar-refractivity contribution in [2.75, 3.05) is 31.4 Å². The lowest BCUT2D eigenvalue weighted by molar-refractivity contribution is -0.136. The average Bonchev–Trinajstić information content (AvgIpc) is 2.81. The molecule has 0 aromatic heterocycles. The largest absolute Gasteiger partial charge is 0.495 e. The molecule has 2 aromatic carbocycles. The highest BCUT2D eigenvalue weighted by atomic mass is 16.5. The van der Waals surface area contributed by atoms with Crippen LogP contribution in [0.15, 0.2) is 59.8 Å². The zero-order chi connectivity index (χ0) is 24.0. The number of hydrogen-bond donors (Lipinski definition) is 3. The zero-order valence-electron chi connectivity index (χ0n) is 19.1. The molecule has 0 radical (unpaired) electrons. The Morgan fingerprint density at radius 1 is 1.06 bits per heavy atom. The molecule has 0 spiro atoms. The monoisotopic (exact) mass is 452 g/mol. The number of allylic oxidation sites excluding steroid dienone is 1. The number of ether oxygens (including phenoxy) is 2. The van der Waals surface area contributed by atoms with E-state index in [1.807, 2.05) is 13.0 Å². The molecule has 3 N–H and O–H groups in total. The summed E-state index contributed by atoms with van der Waals surface area (Å²) in [6, 6.07) is 12.6. The molecule has 0 aliphatic carbocycles. The number of hydrogen-bond acceptors (Lipinski definition) is 5. The Morgan fingerprint density at radius 2 is 1.76 bits per heavy atom. The lowest BCUT2D eigenvalue weighted by Crippen LogP contribution is -2.48. The summed E-state index contributed by atoms with van der Waals surface area (Å²) in [5.41, 5.74) is 2.71. The maximum atomic E-state index is 12.6. The van der Waals surface area contributed by atoms with E-state index in [-0.39, 0.29) is 6.03 Å². The first-order valence-electron chi connectivity index (χ1n) is 10.6. The van der Waals surface area contributed by atoms with Gasteiger partial charge in [-0.25, -0.2) is 14.4 Å². The second kappa shape index (κ2) is 10.5. The van der Waals surface area contributed by atoms with Gasteiger partial charge in [-0.2, -0.15) is 0 Å². The van der Waals surface area contributed by atoms with Crippen LogP contribution in [0.2, 0.25) is 0 Å². The van der Waals surface area contributed by atoms with Gasteiger partial charge in [0.15, 0.2) is 0 Å². The number of carbonyl (C=O) groups excluding carboxylic acids is 3. The number of amides is 4. The number of rotatable bonds is 7. The van der Waals surface area contributed by atoms with Gasteiger partial charge in [0.2, 0.25) is 0 Å². The average molecular weight is 453 g/mol. The Bertz CT molecular complexity index is 1060. The van der Waals surface area contributed by atoms with Crippen molar-refractivity contribution in [3.63, 3.8) is 0 Å². The van der Waals surface area contributed by atoms with Crippen LogP contribution in [0.25, 0.3) is 0 Å². The van der Waals surface area contributed by atoms with Crippen molar-refractivity contribution in [2.45, 2.75) is 26.3 Å². The lowest BCUT2D eigenvalue weighted by Gasteiger charge is -2.35.